The molecular formula is C18H31N3. The van der Waals surface area contributed by atoms with Crippen molar-refractivity contribution in [3.63, 3.8) is 0 Å². The van der Waals surface area contributed by atoms with Gasteiger partial charge in [0.25, 0.3) is 0 Å². The Kier molecular flexibility index (Phi) is 6.04. The van der Waals surface area contributed by atoms with E-state index in [1.54, 1.807) is 0 Å². The van der Waals surface area contributed by atoms with Crippen molar-refractivity contribution in [3.05, 3.63) is 23.9 Å². The maximum absolute atomic E-state index is 4.73. The molecule has 1 fully saturated rings. The van der Waals surface area contributed by atoms with Crippen LogP contribution in [0.1, 0.15) is 65.0 Å². The molecule has 0 bridgehead atoms. The molecule has 0 radical (unpaired) electrons. The zero-order chi connectivity index (χ0) is 15.2. The van der Waals surface area contributed by atoms with Gasteiger partial charge in [-0.15, -0.1) is 0 Å². The van der Waals surface area contributed by atoms with E-state index in [0.717, 1.165) is 25.0 Å². The van der Waals surface area contributed by atoms with Crippen molar-refractivity contribution in [2.45, 2.75) is 65.5 Å². The highest BCUT2D eigenvalue weighted by Crippen LogP contribution is 2.34. The molecule has 0 aromatic carbocycles. The Morgan fingerprint density at radius 2 is 2.10 bits per heavy atom. The number of pyridine rings is 1. The Morgan fingerprint density at radius 1 is 1.33 bits per heavy atom. The highest BCUT2D eigenvalue weighted by atomic mass is 15.2. The first-order chi connectivity index (χ1) is 10.1. The van der Waals surface area contributed by atoms with Gasteiger partial charge in [0.1, 0.15) is 5.82 Å². The zero-order valence-corrected chi connectivity index (χ0v) is 14.1. The number of hydrogen-bond donors (Lipinski definition) is 1. The molecule has 1 atom stereocenters. The van der Waals surface area contributed by atoms with Crippen LogP contribution in [0.2, 0.25) is 0 Å². The zero-order valence-electron chi connectivity index (χ0n) is 14.1. The molecule has 2 rings (SSSR count). The van der Waals surface area contributed by atoms with E-state index in [1.165, 1.54) is 37.1 Å². The largest absolute Gasteiger partial charge is 0.353 e. The SMILES string of the molecule is CCCNC(C)c1cccnc1N(CCC(C)C)C1CC1. The van der Waals surface area contributed by atoms with Crippen molar-refractivity contribution in [2.24, 2.45) is 5.92 Å². The summed E-state index contributed by atoms with van der Waals surface area (Å²) >= 11 is 0. The van der Waals surface area contributed by atoms with Crippen LogP contribution in [0.5, 0.6) is 0 Å². The van der Waals surface area contributed by atoms with Crippen molar-refractivity contribution < 1.29 is 0 Å². The molecule has 1 N–H and O–H groups in total. The van der Waals surface area contributed by atoms with Crippen LogP contribution >= 0.6 is 0 Å². The molecule has 1 saturated carbocycles. The van der Waals surface area contributed by atoms with Crippen molar-refractivity contribution in [3.8, 4) is 0 Å². The second kappa shape index (κ2) is 7.79. The molecule has 1 unspecified atom stereocenters. The van der Waals surface area contributed by atoms with Crippen LogP contribution < -0.4 is 10.2 Å². The van der Waals surface area contributed by atoms with Crippen LogP contribution in [0.25, 0.3) is 0 Å². The monoisotopic (exact) mass is 289 g/mol. The summed E-state index contributed by atoms with van der Waals surface area (Å²) in [7, 11) is 0. The Labute approximate surface area is 130 Å². The number of aromatic nitrogens is 1. The first kappa shape index (κ1) is 16.3. The summed E-state index contributed by atoms with van der Waals surface area (Å²) in [5.41, 5.74) is 1.35. The number of rotatable bonds is 9. The van der Waals surface area contributed by atoms with Gasteiger partial charge in [0, 0.05) is 30.4 Å². The molecule has 1 aromatic rings. The van der Waals surface area contributed by atoms with E-state index < -0.39 is 0 Å². The normalized spacial score (nSPS) is 16.2. The fraction of sp³-hybridized carbons (Fsp3) is 0.722. The quantitative estimate of drug-likeness (QED) is 0.740. The molecule has 118 valence electrons. The molecule has 0 aliphatic heterocycles. The summed E-state index contributed by atoms with van der Waals surface area (Å²) in [6.45, 7) is 11.3. The van der Waals surface area contributed by atoms with Crippen LogP contribution in [0.4, 0.5) is 5.82 Å². The Hall–Kier alpha value is -1.09. The lowest BCUT2D eigenvalue weighted by Gasteiger charge is -2.28. The molecule has 0 spiro atoms. The van der Waals surface area contributed by atoms with Gasteiger partial charge in [0.05, 0.1) is 0 Å². The second-order valence-corrected chi connectivity index (χ2v) is 6.70. The summed E-state index contributed by atoms with van der Waals surface area (Å²) in [6, 6.07) is 5.39. The van der Waals surface area contributed by atoms with Crippen LogP contribution in [-0.4, -0.2) is 24.1 Å². The molecule has 3 nitrogen and oxygen atoms in total. The first-order valence-electron chi connectivity index (χ1n) is 8.58. The Balaban J connectivity index is 2.15. The van der Waals surface area contributed by atoms with E-state index in [2.05, 4.69) is 50.0 Å². The predicted molar refractivity (Wildman–Crippen MR) is 90.8 cm³/mol. The van der Waals surface area contributed by atoms with E-state index in [4.69, 9.17) is 4.98 Å². The molecule has 21 heavy (non-hydrogen) atoms. The molecule has 1 aliphatic rings. The molecule has 1 heterocycles. The van der Waals surface area contributed by atoms with Gasteiger partial charge in [-0.05, 0) is 51.1 Å². The standard InChI is InChI=1S/C18H31N3/c1-5-11-19-15(4)17-7-6-12-20-18(17)21(16-8-9-16)13-10-14(2)3/h6-7,12,14-16,19H,5,8-11,13H2,1-4H3. The average molecular weight is 289 g/mol. The van der Waals surface area contributed by atoms with E-state index >= 15 is 0 Å². The van der Waals surface area contributed by atoms with Gasteiger partial charge < -0.3 is 10.2 Å². The third-order valence-electron chi connectivity index (χ3n) is 4.19. The predicted octanol–water partition coefficient (Wildman–Crippen LogP) is 4.16. The highest BCUT2D eigenvalue weighted by Gasteiger charge is 2.31. The molecule has 0 amide bonds. The van der Waals surface area contributed by atoms with Crippen molar-refractivity contribution in [2.75, 3.05) is 18.0 Å². The van der Waals surface area contributed by atoms with E-state index in [9.17, 15) is 0 Å². The van der Waals surface area contributed by atoms with Crippen LogP contribution in [0.3, 0.4) is 0 Å². The summed E-state index contributed by atoms with van der Waals surface area (Å²) < 4.78 is 0. The summed E-state index contributed by atoms with van der Waals surface area (Å²) in [5.74, 6) is 1.95. The molecule has 0 saturated heterocycles. The summed E-state index contributed by atoms with van der Waals surface area (Å²) in [4.78, 5) is 7.29. The highest BCUT2D eigenvalue weighted by molar-refractivity contribution is 5.50. The Morgan fingerprint density at radius 3 is 2.71 bits per heavy atom. The van der Waals surface area contributed by atoms with Gasteiger partial charge >= 0.3 is 0 Å². The van der Waals surface area contributed by atoms with Crippen molar-refractivity contribution >= 4 is 5.82 Å². The van der Waals surface area contributed by atoms with E-state index in [1.807, 2.05) is 6.20 Å². The summed E-state index contributed by atoms with van der Waals surface area (Å²) in [5, 5.41) is 3.60. The lowest BCUT2D eigenvalue weighted by molar-refractivity contribution is 0.552. The van der Waals surface area contributed by atoms with E-state index in [-0.39, 0.29) is 0 Å². The minimum absolute atomic E-state index is 0.369. The number of hydrogen-bond acceptors (Lipinski definition) is 3. The topological polar surface area (TPSA) is 28.2 Å². The van der Waals surface area contributed by atoms with Crippen LogP contribution in [0, 0.1) is 5.92 Å². The lowest BCUT2D eigenvalue weighted by atomic mass is 10.1. The molecule has 3 heteroatoms. The van der Waals surface area contributed by atoms with Crippen molar-refractivity contribution in [1.82, 2.24) is 10.3 Å². The van der Waals surface area contributed by atoms with Crippen molar-refractivity contribution in [1.29, 1.82) is 0 Å². The van der Waals surface area contributed by atoms with Gasteiger partial charge in [-0.2, -0.15) is 0 Å². The third-order valence-corrected chi connectivity index (χ3v) is 4.19. The fourth-order valence-electron chi connectivity index (χ4n) is 2.70. The van der Waals surface area contributed by atoms with Crippen LogP contribution in [0.15, 0.2) is 18.3 Å². The maximum Gasteiger partial charge on any atom is 0.133 e. The lowest BCUT2D eigenvalue weighted by Crippen LogP contribution is -2.31. The molecule has 1 aliphatic carbocycles. The third kappa shape index (κ3) is 4.70. The minimum atomic E-state index is 0.369. The first-order valence-corrected chi connectivity index (χ1v) is 8.58. The van der Waals surface area contributed by atoms with Gasteiger partial charge in [-0.3, -0.25) is 0 Å². The molecule has 1 aromatic heterocycles. The number of nitrogens with one attached hydrogen (secondary N) is 1. The van der Waals surface area contributed by atoms with Gasteiger partial charge in [-0.25, -0.2) is 4.98 Å². The minimum Gasteiger partial charge on any atom is -0.353 e. The average Bonchev–Trinajstić information content (AvgIpc) is 3.30. The molecular weight excluding hydrogens is 258 g/mol. The smallest absolute Gasteiger partial charge is 0.133 e. The van der Waals surface area contributed by atoms with Crippen LogP contribution in [-0.2, 0) is 0 Å². The number of anilines is 1. The second-order valence-electron chi connectivity index (χ2n) is 6.70. The number of nitrogens with zero attached hydrogens (tertiary/aromatic N) is 2. The maximum atomic E-state index is 4.73. The summed E-state index contributed by atoms with van der Waals surface area (Å²) in [6.07, 6.45) is 6.99. The van der Waals surface area contributed by atoms with E-state index in [0.29, 0.717) is 6.04 Å². The fourth-order valence-corrected chi connectivity index (χ4v) is 2.70. The Bertz CT molecular complexity index is 426. The van der Waals surface area contributed by atoms with Gasteiger partial charge in [0.2, 0.25) is 0 Å². The van der Waals surface area contributed by atoms with Gasteiger partial charge in [-0.1, -0.05) is 26.8 Å². The van der Waals surface area contributed by atoms with Gasteiger partial charge in [0.15, 0.2) is 0 Å².